The Labute approximate surface area is 94.5 Å². The quantitative estimate of drug-likeness (QED) is 0.711. The van der Waals surface area contributed by atoms with Gasteiger partial charge in [0.1, 0.15) is 5.82 Å². The SMILES string of the molecule is Fc1cccc(C(Br)c2cccs2)c1. The number of halogens is 2. The highest BCUT2D eigenvalue weighted by Gasteiger charge is 2.11. The summed E-state index contributed by atoms with van der Waals surface area (Å²) in [5.74, 6) is -0.191. The van der Waals surface area contributed by atoms with Gasteiger partial charge in [-0.05, 0) is 29.1 Å². The average molecular weight is 271 g/mol. The Morgan fingerprint density at radius 3 is 2.71 bits per heavy atom. The zero-order valence-corrected chi connectivity index (χ0v) is 9.69. The second-order valence-electron chi connectivity index (χ2n) is 2.93. The molecular formula is C11H8BrFS. The van der Waals surface area contributed by atoms with Gasteiger partial charge >= 0.3 is 0 Å². The van der Waals surface area contributed by atoms with Crippen LogP contribution in [0.25, 0.3) is 0 Å². The van der Waals surface area contributed by atoms with E-state index in [0.29, 0.717) is 0 Å². The summed E-state index contributed by atoms with van der Waals surface area (Å²) in [4.78, 5) is 1.29. The van der Waals surface area contributed by atoms with E-state index in [1.165, 1.54) is 10.9 Å². The zero-order chi connectivity index (χ0) is 9.97. The Hall–Kier alpha value is -0.670. The van der Waals surface area contributed by atoms with E-state index < -0.39 is 0 Å². The molecule has 14 heavy (non-hydrogen) atoms. The molecule has 0 amide bonds. The van der Waals surface area contributed by atoms with Gasteiger partial charge in [-0.25, -0.2) is 4.39 Å². The molecule has 1 aromatic carbocycles. The van der Waals surface area contributed by atoms with E-state index in [4.69, 9.17) is 0 Å². The molecule has 2 rings (SSSR count). The first-order valence-corrected chi connectivity index (χ1v) is 6.00. The van der Waals surface area contributed by atoms with Crippen molar-refractivity contribution in [2.24, 2.45) is 0 Å². The fourth-order valence-electron chi connectivity index (χ4n) is 1.26. The second kappa shape index (κ2) is 4.24. The number of rotatable bonds is 2. The van der Waals surface area contributed by atoms with Crippen molar-refractivity contribution in [3.05, 3.63) is 58.0 Å². The molecule has 0 N–H and O–H groups in total. The molecule has 0 aliphatic heterocycles. The third-order valence-corrected chi connectivity index (χ3v) is 4.20. The lowest BCUT2D eigenvalue weighted by Gasteiger charge is -2.07. The first-order valence-electron chi connectivity index (χ1n) is 4.20. The molecule has 1 aromatic heterocycles. The van der Waals surface area contributed by atoms with Gasteiger partial charge in [0.15, 0.2) is 0 Å². The Bertz CT molecular complexity index is 411. The molecule has 0 saturated heterocycles. The van der Waals surface area contributed by atoms with Crippen LogP contribution in [0.15, 0.2) is 41.8 Å². The summed E-state index contributed by atoms with van der Waals surface area (Å²) in [7, 11) is 0. The van der Waals surface area contributed by atoms with Crippen LogP contribution in [0.2, 0.25) is 0 Å². The highest BCUT2D eigenvalue weighted by atomic mass is 79.9. The van der Waals surface area contributed by atoms with Gasteiger partial charge in [0.25, 0.3) is 0 Å². The fourth-order valence-corrected chi connectivity index (χ4v) is 2.75. The van der Waals surface area contributed by atoms with E-state index in [2.05, 4.69) is 15.9 Å². The van der Waals surface area contributed by atoms with Gasteiger partial charge in [-0.3, -0.25) is 0 Å². The average Bonchev–Trinajstić information content (AvgIpc) is 2.69. The molecule has 1 heterocycles. The van der Waals surface area contributed by atoms with Gasteiger partial charge in [0.2, 0.25) is 0 Å². The Balaban J connectivity index is 2.32. The van der Waals surface area contributed by atoms with Crippen LogP contribution in [0.1, 0.15) is 15.3 Å². The number of benzene rings is 1. The van der Waals surface area contributed by atoms with E-state index in [-0.39, 0.29) is 10.6 Å². The summed E-state index contributed by atoms with van der Waals surface area (Å²) in [6.45, 7) is 0. The van der Waals surface area contributed by atoms with Crippen molar-refractivity contribution in [2.75, 3.05) is 0 Å². The van der Waals surface area contributed by atoms with Crippen LogP contribution in [-0.2, 0) is 0 Å². The Kier molecular flexibility index (Phi) is 2.99. The highest BCUT2D eigenvalue weighted by Crippen LogP contribution is 2.33. The van der Waals surface area contributed by atoms with Gasteiger partial charge in [-0.2, -0.15) is 0 Å². The second-order valence-corrected chi connectivity index (χ2v) is 4.83. The molecule has 0 bridgehead atoms. The standard InChI is InChI=1S/C11H8BrFS/c12-11(10-5-2-6-14-10)8-3-1-4-9(13)7-8/h1-7,11H. The van der Waals surface area contributed by atoms with Gasteiger partial charge < -0.3 is 0 Å². The maximum atomic E-state index is 13.0. The summed E-state index contributed by atoms with van der Waals surface area (Å²) in [5.41, 5.74) is 0.951. The molecule has 0 nitrogen and oxygen atoms in total. The molecule has 0 fully saturated rings. The maximum Gasteiger partial charge on any atom is 0.123 e. The van der Waals surface area contributed by atoms with Crippen molar-refractivity contribution in [1.29, 1.82) is 0 Å². The summed E-state index contributed by atoms with van der Waals surface area (Å²) >= 11 is 5.21. The third kappa shape index (κ3) is 2.04. The predicted molar refractivity (Wildman–Crippen MR) is 61.5 cm³/mol. The van der Waals surface area contributed by atoms with Crippen molar-refractivity contribution in [2.45, 2.75) is 4.83 Å². The third-order valence-electron chi connectivity index (χ3n) is 1.93. The molecular weight excluding hydrogens is 263 g/mol. The predicted octanol–water partition coefficient (Wildman–Crippen LogP) is 4.37. The van der Waals surface area contributed by atoms with E-state index in [9.17, 15) is 4.39 Å². The van der Waals surface area contributed by atoms with E-state index in [1.54, 1.807) is 23.5 Å². The lowest BCUT2D eigenvalue weighted by Crippen LogP contribution is -1.89. The Morgan fingerprint density at radius 2 is 2.07 bits per heavy atom. The molecule has 1 atom stereocenters. The smallest absolute Gasteiger partial charge is 0.123 e. The first-order chi connectivity index (χ1) is 6.77. The number of hydrogen-bond donors (Lipinski definition) is 0. The fraction of sp³-hybridized carbons (Fsp3) is 0.0909. The van der Waals surface area contributed by atoms with Gasteiger partial charge in [0, 0.05) is 4.88 Å². The minimum absolute atomic E-state index is 0.0956. The number of hydrogen-bond acceptors (Lipinski definition) is 1. The van der Waals surface area contributed by atoms with Crippen LogP contribution in [0.3, 0.4) is 0 Å². The van der Waals surface area contributed by atoms with Crippen LogP contribution in [0.5, 0.6) is 0 Å². The molecule has 2 aromatic rings. The minimum atomic E-state index is -0.191. The molecule has 0 saturated carbocycles. The van der Waals surface area contributed by atoms with E-state index >= 15 is 0 Å². The zero-order valence-electron chi connectivity index (χ0n) is 7.28. The van der Waals surface area contributed by atoms with Crippen LogP contribution < -0.4 is 0 Å². The molecule has 0 radical (unpaired) electrons. The van der Waals surface area contributed by atoms with Crippen LogP contribution >= 0.6 is 27.3 Å². The maximum absolute atomic E-state index is 13.0. The molecule has 0 spiro atoms. The largest absolute Gasteiger partial charge is 0.207 e. The topological polar surface area (TPSA) is 0 Å². The van der Waals surface area contributed by atoms with Crippen molar-refractivity contribution in [3.8, 4) is 0 Å². The van der Waals surface area contributed by atoms with Crippen molar-refractivity contribution in [3.63, 3.8) is 0 Å². The Morgan fingerprint density at radius 1 is 1.21 bits per heavy atom. The monoisotopic (exact) mass is 270 g/mol. The lowest BCUT2D eigenvalue weighted by molar-refractivity contribution is 0.626. The number of thiophene rings is 1. The van der Waals surface area contributed by atoms with Gasteiger partial charge in [-0.1, -0.05) is 34.1 Å². The molecule has 72 valence electrons. The summed E-state index contributed by atoms with van der Waals surface area (Å²) < 4.78 is 13.0. The highest BCUT2D eigenvalue weighted by molar-refractivity contribution is 9.09. The van der Waals surface area contributed by atoms with E-state index in [0.717, 1.165) is 5.56 Å². The normalized spacial score (nSPS) is 12.7. The van der Waals surface area contributed by atoms with Crippen LogP contribution in [-0.4, -0.2) is 0 Å². The molecule has 1 unspecified atom stereocenters. The summed E-state index contributed by atoms with van der Waals surface area (Å²) in [6.07, 6.45) is 0. The first kappa shape index (κ1) is 9.87. The minimum Gasteiger partial charge on any atom is -0.207 e. The lowest BCUT2D eigenvalue weighted by atomic mass is 10.1. The summed E-state index contributed by atoms with van der Waals surface area (Å²) in [6, 6.07) is 10.7. The van der Waals surface area contributed by atoms with Crippen LogP contribution in [0, 0.1) is 5.82 Å². The van der Waals surface area contributed by atoms with Gasteiger partial charge in [-0.15, -0.1) is 11.3 Å². The van der Waals surface area contributed by atoms with Crippen molar-refractivity contribution >= 4 is 27.3 Å². The van der Waals surface area contributed by atoms with Gasteiger partial charge in [0.05, 0.1) is 4.83 Å². The van der Waals surface area contributed by atoms with Crippen molar-refractivity contribution < 1.29 is 4.39 Å². The summed E-state index contributed by atoms with van der Waals surface area (Å²) in [5, 5.41) is 2.02. The van der Waals surface area contributed by atoms with Crippen LogP contribution in [0.4, 0.5) is 4.39 Å². The molecule has 3 heteroatoms. The van der Waals surface area contributed by atoms with Crippen molar-refractivity contribution in [1.82, 2.24) is 0 Å². The number of alkyl halides is 1. The molecule has 0 aliphatic rings. The van der Waals surface area contributed by atoms with E-state index in [1.807, 2.05) is 23.6 Å². The molecule has 0 aliphatic carbocycles.